The number of thioether (sulfide) groups is 1. The van der Waals surface area contributed by atoms with Crippen molar-refractivity contribution in [2.45, 2.75) is 17.4 Å². The van der Waals surface area contributed by atoms with Gasteiger partial charge in [0.2, 0.25) is 0 Å². The monoisotopic (exact) mass is 249 g/mol. The van der Waals surface area contributed by atoms with Gasteiger partial charge in [0.1, 0.15) is 11.9 Å². The fourth-order valence-corrected chi connectivity index (χ4v) is 2.73. The SMILES string of the molecule is Nc1ccn([C@@H]2SC[C@@H](O)C2(F)F)c(=O)n1. The number of halogens is 2. The molecule has 2 heterocycles. The largest absolute Gasteiger partial charge is 0.386 e. The number of nitrogens with two attached hydrogens (primary N) is 1. The van der Waals surface area contributed by atoms with Crippen LogP contribution in [0.5, 0.6) is 0 Å². The summed E-state index contributed by atoms with van der Waals surface area (Å²) < 4.78 is 27.7. The van der Waals surface area contributed by atoms with Gasteiger partial charge in [0.15, 0.2) is 5.37 Å². The van der Waals surface area contributed by atoms with Crippen LogP contribution in [0.3, 0.4) is 0 Å². The van der Waals surface area contributed by atoms with E-state index in [1.807, 2.05) is 0 Å². The highest BCUT2D eigenvalue weighted by molar-refractivity contribution is 7.99. The van der Waals surface area contributed by atoms with Crippen LogP contribution >= 0.6 is 11.8 Å². The van der Waals surface area contributed by atoms with Crippen LogP contribution in [0, 0.1) is 0 Å². The molecule has 0 unspecified atom stereocenters. The Labute approximate surface area is 93.3 Å². The Hall–Kier alpha value is -1.15. The van der Waals surface area contributed by atoms with Gasteiger partial charge in [-0.2, -0.15) is 4.98 Å². The van der Waals surface area contributed by atoms with E-state index in [9.17, 15) is 13.6 Å². The topological polar surface area (TPSA) is 81.1 Å². The maximum absolute atomic E-state index is 13.5. The summed E-state index contributed by atoms with van der Waals surface area (Å²) in [6, 6.07) is 1.27. The number of anilines is 1. The van der Waals surface area contributed by atoms with Gasteiger partial charge in [-0.1, -0.05) is 0 Å². The van der Waals surface area contributed by atoms with E-state index in [1.165, 1.54) is 6.07 Å². The molecule has 3 N–H and O–H groups in total. The summed E-state index contributed by atoms with van der Waals surface area (Å²) in [6.07, 6.45) is -0.583. The lowest BCUT2D eigenvalue weighted by Gasteiger charge is -2.21. The van der Waals surface area contributed by atoms with Crippen LogP contribution in [-0.4, -0.2) is 32.4 Å². The van der Waals surface area contributed by atoms with Crippen molar-refractivity contribution in [3.63, 3.8) is 0 Å². The van der Waals surface area contributed by atoms with Crippen LogP contribution in [0.25, 0.3) is 0 Å². The third-order valence-corrected chi connectivity index (χ3v) is 3.65. The molecule has 0 aromatic carbocycles. The van der Waals surface area contributed by atoms with Gasteiger partial charge in [-0.25, -0.2) is 13.6 Å². The molecule has 2 rings (SSSR count). The maximum Gasteiger partial charge on any atom is 0.350 e. The van der Waals surface area contributed by atoms with Gasteiger partial charge < -0.3 is 10.8 Å². The van der Waals surface area contributed by atoms with Gasteiger partial charge in [-0.15, -0.1) is 11.8 Å². The molecule has 0 aliphatic carbocycles. The number of rotatable bonds is 1. The molecule has 0 radical (unpaired) electrons. The molecular formula is C8H9F2N3O2S. The van der Waals surface area contributed by atoms with Crippen molar-refractivity contribution in [1.29, 1.82) is 0 Å². The molecule has 1 aromatic heterocycles. The van der Waals surface area contributed by atoms with Crippen molar-refractivity contribution in [2.75, 3.05) is 11.5 Å². The maximum atomic E-state index is 13.5. The first kappa shape index (κ1) is 11.3. The third-order valence-electron chi connectivity index (χ3n) is 2.29. The minimum absolute atomic E-state index is 0.0203. The lowest BCUT2D eigenvalue weighted by atomic mass is 10.2. The first-order valence-electron chi connectivity index (χ1n) is 4.45. The van der Waals surface area contributed by atoms with Crippen molar-refractivity contribution < 1.29 is 13.9 Å². The summed E-state index contributed by atoms with van der Waals surface area (Å²) in [6.45, 7) is 0. The molecule has 1 aliphatic heterocycles. The highest BCUT2D eigenvalue weighted by Crippen LogP contribution is 2.47. The molecule has 0 saturated carbocycles. The molecule has 1 aromatic rings. The number of hydrogen-bond donors (Lipinski definition) is 2. The lowest BCUT2D eigenvalue weighted by Crippen LogP contribution is -2.39. The number of alkyl halides is 2. The van der Waals surface area contributed by atoms with Crippen molar-refractivity contribution in [2.24, 2.45) is 0 Å². The summed E-state index contributed by atoms with van der Waals surface area (Å²) in [5.74, 6) is -3.48. The molecule has 1 fully saturated rings. The Kier molecular flexibility index (Phi) is 2.62. The van der Waals surface area contributed by atoms with E-state index in [2.05, 4.69) is 4.98 Å². The third kappa shape index (κ3) is 1.67. The fourth-order valence-electron chi connectivity index (χ4n) is 1.44. The van der Waals surface area contributed by atoms with E-state index < -0.39 is 23.1 Å². The molecule has 16 heavy (non-hydrogen) atoms. The second-order valence-corrected chi connectivity index (χ2v) is 4.53. The molecule has 0 spiro atoms. The van der Waals surface area contributed by atoms with Gasteiger partial charge in [0.05, 0.1) is 0 Å². The van der Waals surface area contributed by atoms with Gasteiger partial charge in [-0.3, -0.25) is 4.57 Å². The molecule has 1 saturated heterocycles. The quantitative estimate of drug-likeness (QED) is 0.736. The molecule has 8 heteroatoms. The first-order chi connectivity index (χ1) is 7.43. The summed E-state index contributed by atoms with van der Waals surface area (Å²) in [4.78, 5) is 14.7. The Bertz CT molecular complexity index is 465. The molecule has 88 valence electrons. The predicted octanol–water partition coefficient (Wildman–Crippen LogP) is 0.0671. The Morgan fingerprint density at radius 1 is 1.69 bits per heavy atom. The zero-order valence-corrected chi connectivity index (χ0v) is 8.82. The second-order valence-electron chi connectivity index (χ2n) is 3.42. The van der Waals surface area contributed by atoms with Crippen LogP contribution < -0.4 is 11.4 Å². The van der Waals surface area contributed by atoms with Gasteiger partial charge in [0.25, 0.3) is 0 Å². The molecule has 1 aliphatic rings. The number of nitrogen functional groups attached to an aromatic ring is 1. The zero-order chi connectivity index (χ0) is 11.9. The van der Waals surface area contributed by atoms with E-state index in [-0.39, 0.29) is 11.6 Å². The first-order valence-corrected chi connectivity index (χ1v) is 5.50. The Balaban J connectivity index is 2.42. The molecule has 5 nitrogen and oxygen atoms in total. The summed E-state index contributed by atoms with van der Waals surface area (Å²) in [5, 5.41) is 7.68. The minimum atomic E-state index is -3.34. The molecule has 0 bridgehead atoms. The van der Waals surface area contributed by atoms with Crippen molar-refractivity contribution >= 4 is 17.6 Å². The van der Waals surface area contributed by atoms with Crippen LogP contribution in [0.4, 0.5) is 14.6 Å². The molecular weight excluding hydrogens is 240 g/mol. The van der Waals surface area contributed by atoms with Crippen LogP contribution in [-0.2, 0) is 0 Å². The highest BCUT2D eigenvalue weighted by atomic mass is 32.2. The predicted molar refractivity (Wildman–Crippen MR) is 55.4 cm³/mol. The average Bonchev–Trinajstić information content (AvgIpc) is 2.44. The molecule has 0 amide bonds. The van der Waals surface area contributed by atoms with Gasteiger partial charge >= 0.3 is 11.6 Å². The highest BCUT2D eigenvalue weighted by Gasteiger charge is 2.53. The number of aliphatic hydroxyl groups excluding tert-OH is 1. The summed E-state index contributed by atoms with van der Waals surface area (Å²) >= 11 is 0.813. The van der Waals surface area contributed by atoms with E-state index in [4.69, 9.17) is 10.8 Å². The number of hydrogen-bond acceptors (Lipinski definition) is 5. The van der Waals surface area contributed by atoms with E-state index in [1.54, 1.807) is 0 Å². The van der Waals surface area contributed by atoms with Crippen molar-refractivity contribution in [3.8, 4) is 0 Å². The van der Waals surface area contributed by atoms with Crippen LogP contribution in [0.2, 0.25) is 0 Å². The standard InChI is InChI=1S/C8H9F2N3O2S/c9-8(10)4(14)3-16-6(8)13-2-1-5(11)12-7(13)15/h1-2,4,6,14H,3H2,(H2,11,12,15)/t4-,6-/m1/s1. The van der Waals surface area contributed by atoms with E-state index >= 15 is 0 Å². The molecule has 2 atom stereocenters. The van der Waals surface area contributed by atoms with Crippen LogP contribution in [0.15, 0.2) is 17.1 Å². The summed E-state index contributed by atoms with van der Waals surface area (Å²) in [7, 11) is 0. The summed E-state index contributed by atoms with van der Waals surface area (Å²) in [5.41, 5.74) is 4.41. The minimum Gasteiger partial charge on any atom is -0.386 e. The fraction of sp³-hybridized carbons (Fsp3) is 0.500. The average molecular weight is 249 g/mol. The lowest BCUT2D eigenvalue weighted by molar-refractivity contribution is -0.103. The number of aromatic nitrogens is 2. The zero-order valence-electron chi connectivity index (χ0n) is 8.01. The van der Waals surface area contributed by atoms with Gasteiger partial charge in [0, 0.05) is 11.9 Å². The number of nitrogens with zero attached hydrogens (tertiary/aromatic N) is 2. The second kappa shape index (κ2) is 3.70. The Morgan fingerprint density at radius 2 is 2.38 bits per heavy atom. The normalized spacial score (nSPS) is 28.2. The van der Waals surface area contributed by atoms with Gasteiger partial charge in [-0.05, 0) is 6.07 Å². The van der Waals surface area contributed by atoms with Crippen molar-refractivity contribution in [1.82, 2.24) is 9.55 Å². The number of aliphatic hydroxyl groups is 1. The van der Waals surface area contributed by atoms with E-state index in [0.717, 1.165) is 22.5 Å². The van der Waals surface area contributed by atoms with Crippen LogP contribution in [0.1, 0.15) is 5.37 Å². The smallest absolute Gasteiger partial charge is 0.350 e. The van der Waals surface area contributed by atoms with E-state index in [0.29, 0.717) is 0 Å². The Morgan fingerprint density at radius 3 is 2.88 bits per heavy atom. The van der Waals surface area contributed by atoms with Crippen molar-refractivity contribution in [3.05, 3.63) is 22.7 Å².